The summed E-state index contributed by atoms with van der Waals surface area (Å²) in [5.74, 6) is -1.57. The molecular formula is C20H30N2O5. The van der Waals surface area contributed by atoms with E-state index in [0.717, 1.165) is 5.56 Å². The summed E-state index contributed by atoms with van der Waals surface area (Å²) in [6, 6.07) is 7.21. The van der Waals surface area contributed by atoms with Crippen molar-refractivity contribution in [2.45, 2.75) is 65.1 Å². The van der Waals surface area contributed by atoms with Crippen molar-refractivity contribution >= 4 is 18.0 Å². The first-order valence-corrected chi connectivity index (χ1v) is 9.04. The summed E-state index contributed by atoms with van der Waals surface area (Å²) in [6.07, 6.45) is -0.208. The molecule has 1 aromatic rings. The number of benzene rings is 1. The van der Waals surface area contributed by atoms with Gasteiger partial charge in [-0.25, -0.2) is 9.59 Å². The van der Waals surface area contributed by atoms with E-state index in [2.05, 4.69) is 10.6 Å². The van der Waals surface area contributed by atoms with Crippen LogP contribution in [0.3, 0.4) is 0 Å². The predicted octanol–water partition coefficient (Wildman–Crippen LogP) is 2.74. The molecule has 0 aliphatic heterocycles. The molecule has 0 heterocycles. The van der Waals surface area contributed by atoms with Gasteiger partial charge in [-0.1, -0.05) is 44.2 Å². The van der Waals surface area contributed by atoms with E-state index in [9.17, 15) is 19.5 Å². The van der Waals surface area contributed by atoms with Gasteiger partial charge < -0.3 is 20.5 Å². The number of carboxylic acid groups (broad SMARTS) is 1. The Morgan fingerprint density at radius 1 is 1.04 bits per heavy atom. The van der Waals surface area contributed by atoms with Gasteiger partial charge in [-0.05, 0) is 38.7 Å². The highest BCUT2D eigenvalue weighted by Gasteiger charge is 2.28. The smallest absolute Gasteiger partial charge is 0.408 e. The Balaban J connectivity index is 2.92. The third-order valence-electron chi connectivity index (χ3n) is 3.61. The molecule has 2 amide bonds. The largest absolute Gasteiger partial charge is 0.480 e. The van der Waals surface area contributed by atoms with Crippen molar-refractivity contribution in [3.05, 3.63) is 35.9 Å². The fourth-order valence-corrected chi connectivity index (χ4v) is 2.47. The Bertz CT molecular complexity index is 638. The molecule has 0 unspecified atom stereocenters. The van der Waals surface area contributed by atoms with E-state index in [4.69, 9.17) is 4.74 Å². The molecular weight excluding hydrogens is 348 g/mol. The number of hydrogen-bond donors (Lipinski definition) is 3. The van der Waals surface area contributed by atoms with E-state index < -0.39 is 35.7 Å². The molecule has 1 aromatic carbocycles. The van der Waals surface area contributed by atoms with Gasteiger partial charge in [0.1, 0.15) is 17.7 Å². The molecule has 7 heteroatoms. The van der Waals surface area contributed by atoms with Crippen LogP contribution in [0, 0.1) is 5.92 Å². The number of carboxylic acids is 1. The fourth-order valence-electron chi connectivity index (χ4n) is 2.47. The van der Waals surface area contributed by atoms with Crippen LogP contribution in [0.15, 0.2) is 30.3 Å². The van der Waals surface area contributed by atoms with E-state index in [0.29, 0.717) is 6.42 Å². The Kier molecular flexibility index (Phi) is 8.28. The molecule has 1 rings (SSSR count). The minimum absolute atomic E-state index is 0.0952. The summed E-state index contributed by atoms with van der Waals surface area (Å²) in [7, 11) is 0. The average Bonchev–Trinajstić information content (AvgIpc) is 2.52. The second kappa shape index (κ2) is 9.94. The first-order chi connectivity index (χ1) is 12.5. The van der Waals surface area contributed by atoms with Gasteiger partial charge in [-0.3, -0.25) is 4.79 Å². The number of nitrogens with one attached hydrogen (secondary N) is 2. The van der Waals surface area contributed by atoms with E-state index in [1.165, 1.54) is 0 Å². The minimum Gasteiger partial charge on any atom is -0.480 e. The Labute approximate surface area is 160 Å². The van der Waals surface area contributed by atoms with Gasteiger partial charge >= 0.3 is 12.1 Å². The van der Waals surface area contributed by atoms with E-state index in [1.54, 1.807) is 20.8 Å². The Morgan fingerprint density at radius 2 is 1.63 bits per heavy atom. The quantitative estimate of drug-likeness (QED) is 0.645. The lowest BCUT2D eigenvalue weighted by Crippen LogP contribution is -2.53. The summed E-state index contributed by atoms with van der Waals surface area (Å²) in [6.45, 7) is 8.93. The van der Waals surface area contributed by atoms with Gasteiger partial charge in [0.2, 0.25) is 5.91 Å². The number of aliphatic carboxylic acids is 1. The average molecular weight is 378 g/mol. The highest BCUT2D eigenvalue weighted by Crippen LogP contribution is 2.10. The topological polar surface area (TPSA) is 105 Å². The van der Waals surface area contributed by atoms with Crippen LogP contribution in [0.2, 0.25) is 0 Å². The van der Waals surface area contributed by atoms with Gasteiger partial charge in [0.15, 0.2) is 0 Å². The molecule has 0 saturated heterocycles. The number of amides is 2. The van der Waals surface area contributed by atoms with Crippen LogP contribution in [0.1, 0.15) is 46.6 Å². The highest BCUT2D eigenvalue weighted by atomic mass is 16.6. The zero-order valence-corrected chi connectivity index (χ0v) is 16.6. The second-order valence-electron chi connectivity index (χ2n) is 7.92. The normalized spacial score (nSPS) is 13.6. The van der Waals surface area contributed by atoms with Crippen molar-refractivity contribution in [2.24, 2.45) is 5.92 Å². The van der Waals surface area contributed by atoms with Crippen molar-refractivity contribution in [1.29, 1.82) is 0 Å². The first kappa shape index (κ1) is 22.5. The van der Waals surface area contributed by atoms with Crippen LogP contribution in [-0.4, -0.2) is 40.8 Å². The maximum Gasteiger partial charge on any atom is 0.408 e. The molecule has 0 saturated carbocycles. The molecule has 150 valence electrons. The van der Waals surface area contributed by atoms with E-state index >= 15 is 0 Å². The van der Waals surface area contributed by atoms with Crippen molar-refractivity contribution in [1.82, 2.24) is 10.6 Å². The predicted molar refractivity (Wildman–Crippen MR) is 102 cm³/mol. The lowest BCUT2D eigenvalue weighted by molar-refractivity contribution is -0.142. The van der Waals surface area contributed by atoms with E-state index in [1.807, 2.05) is 44.2 Å². The van der Waals surface area contributed by atoms with Gasteiger partial charge in [0, 0.05) is 6.42 Å². The number of carbonyl (C=O) groups excluding carboxylic acids is 2. The standard InChI is InChI=1S/C20H30N2O5/c1-13(2)11-16(18(24)25)21-17(23)15(12-14-9-7-6-8-10-14)22-19(26)27-20(3,4)5/h6-10,13,15-16H,11-12H2,1-5H3,(H,21,23)(H,22,26)(H,24,25)/t15-,16+/m1/s1. The molecule has 0 fully saturated rings. The second-order valence-corrected chi connectivity index (χ2v) is 7.92. The molecule has 0 spiro atoms. The molecule has 0 aromatic heterocycles. The molecule has 0 aliphatic rings. The van der Waals surface area contributed by atoms with Crippen molar-refractivity contribution in [2.75, 3.05) is 0 Å². The number of carbonyl (C=O) groups is 3. The number of ether oxygens (including phenoxy) is 1. The van der Waals surface area contributed by atoms with Crippen molar-refractivity contribution in [3.8, 4) is 0 Å². The molecule has 3 N–H and O–H groups in total. The van der Waals surface area contributed by atoms with E-state index in [-0.39, 0.29) is 12.3 Å². The Hall–Kier alpha value is -2.57. The van der Waals surface area contributed by atoms with Gasteiger partial charge in [0.05, 0.1) is 0 Å². The number of alkyl carbamates (subject to hydrolysis) is 1. The summed E-state index contributed by atoms with van der Waals surface area (Å²) < 4.78 is 5.23. The fraction of sp³-hybridized carbons (Fsp3) is 0.550. The SMILES string of the molecule is CC(C)C[C@H](NC(=O)[C@@H](Cc1ccccc1)NC(=O)OC(C)(C)C)C(=O)O. The summed E-state index contributed by atoms with van der Waals surface area (Å²) >= 11 is 0. The van der Waals surface area contributed by atoms with Crippen LogP contribution in [-0.2, 0) is 20.7 Å². The Morgan fingerprint density at radius 3 is 2.11 bits per heavy atom. The van der Waals surface area contributed by atoms with Crippen molar-refractivity contribution in [3.63, 3.8) is 0 Å². The molecule has 0 aliphatic carbocycles. The molecule has 0 bridgehead atoms. The minimum atomic E-state index is -1.10. The van der Waals surface area contributed by atoms with Crippen LogP contribution < -0.4 is 10.6 Å². The molecule has 7 nitrogen and oxygen atoms in total. The van der Waals surface area contributed by atoms with Gasteiger partial charge in [0.25, 0.3) is 0 Å². The van der Waals surface area contributed by atoms with Crippen LogP contribution >= 0.6 is 0 Å². The maximum atomic E-state index is 12.7. The third kappa shape index (κ3) is 9.08. The lowest BCUT2D eigenvalue weighted by Gasteiger charge is -2.25. The highest BCUT2D eigenvalue weighted by molar-refractivity contribution is 5.89. The summed E-state index contributed by atoms with van der Waals surface area (Å²) in [5.41, 5.74) is 0.128. The third-order valence-corrected chi connectivity index (χ3v) is 3.61. The van der Waals surface area contributed by atoms with Gasteiger partial charge in [-0.15, -0.1) is 0 Å². The molecule has 0 radical (unpaired) electrons. The van der Waals surface area contributed by atoms with Crippen LogP contribution in [0.25, 0.3) is 0 Å². The van der Waals surface area contributed by atoms with Crippen molar-refractivity contribution < 1.29 is 24.2 Å². The first-order valence-electron chi connectivity index (χ1n) is 9.04. The van der Waals surface area contributed by atoms with Gasteiger partial charge in [-0.2, -0.15) is 0 Å². The lowest BCUT2D eigenvalue weighted by atomic mass is 10.0. The number of rotatable bonds is 8. The summed E-state index contributed by atoms with van der Waals surface area (Å²) in [5, 5.41) is 14.4. The maximum absolute atomic E-state index is 12.7. The van der Waals surface area contributed by atoms with Crippen LogP contribution in [0.4, 0.5) is 4.79 Å². The summed E-state index contributed by atoms with van der Waals surface area (Å²) in [4.78, 5) is 36.3. The zero-order chi connectivity index (χ0) is 20.6. The van der Waals surface area contributed by atoms with Crippen LogP contribution in [0.5, 0.6) is 0 Å². The monoisotopic (exact) mass is 378 g/mol. The zero-order valence-electron chi connectivity index (χ0n) is 16.6. The molecule has 2 atom stereocenters. The molecule has 27 heavy (non-hydrogen) atoms. The number of hydrogen-bond acceptors (Lipinski definition) is 4.